The van der Waals surface area contributed by atoms with Crippen LogP contribution in [0.3, 0.4) is 0 Å². The summed E-state index contributed by atoms with van der Waals surface area (Å²) in [7, 11) is 1.99. The zero-order valence-electron chi connectivity index (χ0n) is 10.6. The first-order chi connectivity index (χ1) is 7.70. The van der Waals surface area contributed by atoms with Gasteiger partial charge in [0.1, 0.15) is 0 Å². The maximum atomic E-state index is 4.15. The van der Waals surface area contributed by atoms with Crippen molar-refractivity contribution < 1.29 is 0 Å². The highest BCUT2D eigenvalue weighted by atomic mass is 15.2. The number of aryl methyl sites for hydroxylation is 2. The van der Waals surface area contributed by atoms with E-state index in [1.165, 1.54) is 5.69 Å². The van der Waals surface area contributed by atoms with Crippen LogP contribution in [-0.2, 0) is 13.5 Å². The zero-order chi connectivity index (χ0) is 11.8. The fraction of sp³-hybridized carbons (Fsp3) is 0.615. The van der Waals surface area contributed by atoms with Crippen molar-refractivity contribution >= 4 is 0 Å². The number of allylic oxidation sites excluding steroid dienone is 1. The van der Waals surface area contributed by atoms with Crippen LogP contribution in [0, 0.1) is 0 Å². The van der Waals surface area contributed by atoms with Gasteiger partial charge in [-0.2, -0.15) is 5.10 Å². The van der Waals surface area contributed by atoms with E-state index in [0.717, 1.165) is 25.8 Å². The van der Waals surface area contributed by atoms with E-state index >= 15 is 0 Å². The zero-order valence-corrected chi connectivity index (χ0v) is 10.6. The second-order valence-electron chi connectivity index (χ2n) is 4.35. The van der Waals surface area contributed by atoms with Crippen LogP contribution in [0.2, 0.25) is 0 Å². The maximum Gasteiger partial charge on any atom is 0.0492 e. The fourth-order valence-electron chi connectivity index (χ4n) is 1.57. The molecule has 0 saturated heterocycles. The summed E-state index contributed by atoms with van der Waals surface area (Å²) in [6, 6.07) is 2.66. The Bertz CT molecular complexity index is 313. The van der Waals surface area contributed by atoms with Crippen LogP contribution in [0.25, 0.3) is 0 Å². The number of rotatable bonds is 7. The van der Waals surface area contributed by atoms with E-state index < -0.39 is 0 Å². The Kier molecular flexibility index (Phi) is 5.86. The molecule has 1 N–H and O–H groups in total. The van der Waals surface area contributed by atoms with Crippen LogP contribution in [0.4, 0.5) is 0 Å². The van der Waals surface area contributed by atoms with Crippen molar-refractivity contribution in [3.05, 3.63) is 30.1 Å². The van der Waals surface area contributed by atoms with Gasteiger partial charge in [-0.05, 0) is 31.9 Å². The highest BCUT2D eigenvalue weighted by Crippen LogP contribution is 2.01. The molecule has 16 heavy (non-hydrogen) atoms. The Labute approximate surface area is 98.5 Å². The van der Waals surface area contributed by atoms with Gasteiger partial charge < -0.3 is 5.32 Å². The first-order valence-corrected chi connectivity index (χ1v) is 6.05. The molecule has 0 bridgehead atoms. The normalized spacial score (nSPS) is 11.8. The molecule has 0 saturated carbocycles. The average molecular weight is 221 g/mol. The fourth-order valence-corrected chi connectivity index (χ4v) is 1.57. The Hall–Kier alpha value is -1.09. The number of nitrogens with one attached hydrogen (secondary N) is 1. The summed E-state index contributed by atoms with van der Waals surface area (Å²) in [6.45, 7) is 5.41. The van der Waals surface area contributed by atoms with Crippen molar-refractivity contribution in [1.82, 2.24) is 15.1 Å². The Morgan fingerprint density at radius 2 is 2.12 bits per heavy atom. The van der Waals surface area contributed by atoms with Gasteiger partial charge in [-0.25, -0.2) is 0 Å². The lowest BCUT2D eigenvalue weighted by atomic mass is 10.2. The van der Waals surface area contributed by atoms with Gasteiger partial charge in [0.2, 0.25) is 0 Å². The molecule has 90 valence electrons. The van der Waals surface area contributed by atoms with Gasteiger partial charge >= 0.3 is 0 Å². The molecule has 0 fully saturated rings. The van der Waals surface area contributed by atoms with Crippen LogP contribution < -0.4 is 5.32 Å². The molecule has 3 nitrogen and oxygen atoms in total. The second-order valence-corrected chi connectivity index (χ2v) is 4.35. The summed E-state index contributed by atoms with van der Waals surface area (Å²) >= 11 is 0. The molecule has 0 aliphatic carbocycles. The predicted molar refractivity (Wildman–Crippen MR) is 68.4 cm³/mol. The van der Waals surface area contributed by atoms with Crippen molar-refractivity contribution in [3.63, 3.8) is 0 Å². The van der Waals surface area contributed by atoms with Gasteiger partial charge in [-0.1, -0.05) is 26.0 Å². The highest BCUT2D eigenvalue weighted by molar-refractivity contribution is 5.01. The van der Waals surface area contributed by atoms with E-state index in [-0.39, 0.29) is 0 Å². The lowest BCUT2D eigenvalue weighted by molar-refractivity contribution is 0.594. The van der Waals surface area contributed by atoms with Gasteiger partial charge in [-0.15, -0.1) is 0 Å². The predicted octanol–water partition coefficient (Wildman–Crippen LogP) is 2.30. The molecular weight excluding hydrogens is 198 g/mol. The molecule has 0 aliphatic rings. The van der Waals surface area contributed by atoms with Crippen LogP contribution in [0.5, 0.6) is 0 Å². The minimum atomic E-state index is 0.586. The molecule has 0 radical (unpaired) electrons. The second kappa shape index (κ2) is 7.23. The van der Waals surface area contributed by atoms with E-state index in [9.17, 15) is 0 Å². The molecule has 1 aromatic heterocycles. The highest BCUT2D eigenvalue weighted by Gasteiger charge is 1.95. The monoisotopic (exact) mass is 221 g/mol. The van der Waals surface area contributed by atoms with Crippen molar-refractivity contribution in [1.29, 1.82) is 0 Å². The summed E-state index contributed by atoms with van der Waals surface area (Å²) in [6.07, 6.45) is 9.65. The topological polar surface area (TPSA) is 29.9 Å². The van der Waals surface area contributed by atoms with Gasteiger partial charge in [-0.3, -0.25) is 4.68 Å². The van der Waals surface area contributed by atoms with Crippen LogP contribution in [-0.4, -0.2) is 22.4 Å². The van der Waals surface area contributed by atoms with Crippen LogP contribution in [0.1, 0.15) is 32.4 Å². The molecule has 0 aliphatic heterocycles. The number of nitrogens with zero attached hydrogens (tertiary/aromatic N) is 2. The van der Waals surface area contributed by atoms with Crippen LogP contribution in [0.15, 0.2) is 24.4 Å². The lowest BCUT2D eigenvalue weighted by Gasteiger charge is -2.04. The lowest BCUT2D eigenvalue weighted by Crippen LogP contribution is -2.23. The first-order valence-electron chi connectivity index (χ1n) is 6.05. The smallest absolute Gasteiger partial charge is 0.0492 e. The Morgan fingerprint density at radius 3 is 2.75 bits per heavy atom. The van der Waals surface area contributed by atoms with E-state index in [2.05, 4.69) is 42.5 Å². The van der Waals surface area contributed by atoms with Gasteiger partial charge in [0.05, 0.1) is 0 Å². The standard InChI is InChI=1S/C13H23N3/c1-12(2)14-10-7-5-4-6-8-13-9-11-15-16(13)3/h4-5,9,11-12,14H,6-8,10H2,1-3H3/b5-4+. The first kappa shape index (κ1) is 13.0. The molecule has 1 aromatic rings. The quantitative estimate of drug-likeness (QED) is 0.565. The average Bonchev–Trinajstić information content (AvgIpc) is 2.62. The largest absolute Gasteiger partial charge is 0.314 e. The molecule has 0 atom stereocenters. The summed E-state index contributed by atoms with van der Waals surface area (Å²) in [5.41, 5.74) is 1.30. The minimum absolute atomic E-state index is 0.586. The molecule has 0 spiro atoms. The van der Waals surface area contributed by atoms with E-state index in [1.807, 2.05) is 17.9 Å². The maximum absolute atomic E-state index is 4.15. The van der Waals surface area contributed by atoms with Gasteiger partial charge in [0, 0.05) is 25.0 Å². The van der Waals surface area contributed by atoms with Crippen molar-refractivity contribution in [3.8, 4) is 0 Å². The van der Waals surface area contributed by atoms with Gasteiger partial charge in [0.15, 0.2) is 0 Å². The van der Waals surface area contributed by atoms with E-state index in [4.69, 9.17) is 0 Å². The number of hydrogen-bond donors (Lipinski definition) is 1. The molecule has 1 rings (SSSR count). The molecular formula is C13H23N3. The van der Waals surface area contributed by atoms with Crippen molar-refractivity contribution in [2.75, 3.05) is 6.54 Å². The van der Waals surface area contributed by atoms with Crippen molar-refractivity contribution in [2.24, 2.45) is 7.05 Å². The van der Waals surface area contributed by atoms with Gasteiger partial charge in [0.25, 0.3) is 0 Å². The molecule has 3 heteroatoms. The molecule has 0 aromatic carbocycles. The van der Waals surface area contributed by atoms with Crippen molar-refractivity contribution in [2.45, 2.75) is 39.2 Å². The molecule has 1 heterocycles. The SMILES string of the molecule is CC(C)NCC/C=C/CCc1ccnn1C. The van der Waals surface area contributed by atoms with E-state index in [1.54, 1.807) is 0 Å². The Balaban J connectivity index is 2.07. The number of aromatic nitrogens is 2. The summed E-state index contributed by atoms with van der Waals surface area (Å²) in [5, 5.41) is 7.54. The van der Waals surface area contributed by atoms with Crippen LogP contribution >= 0.6 is 0 Å². The summed E-state index contributed by atoms with van der Waals surface area (Å²) in [4.78, 5) is 0. The molecule has 0 unspecified atom stereocenters. The Morgan fingerprint density at radius 1 is 1.38 bits per heavy atom. The van der Waals surface area contributed by atoms with E-state index in [0.29, 0.717) is 6.04 Å². The number of hydrogen-bond acceptors (Lipinski definition) is 2. The summed E-state index contributed by atoms with van der Waals surface area (Å²) in [5.74, 6) is 0. The molecule has 0 amide bonds. The third-order valence-electron chi connectivity index (χ3n) is 2.52. The third kappa shape index (κ3) is 5.12. The summed E-state index contributed by atoms with van der Waals surface area (Å²) < 4.78 is 1.94. The minimum Gasteiger partial charge on any atom is -0.314 e. The third-order valence-corrected chi connectivity index (χ3v) is 2.52.